The first-order valence-corrected chi connectivity index (χ1v) is 9.71. The molecule has 0 bridgehead atoms. The topological polar surface area (TPSA) is 84.4 Å². The second-order valence-corrected chi connectivity index (χ2v) is 7.92. The van der Waals surface area contributed by atoms with E-state index in [1.807, 2.05) is 16.6 Å². The third-order valence-corrected chi connectivity index (χ3v) is 5.39. The highest BCUT2D eigenvalue weighted by molar-refractivity contribution is 5.70. The van der Waals surface area contributed by atoms with Crippen molar-refractivity contribution in [1.29, 1.82) is 0 Å². The van der Waals surface area contributed by atoms with Crippen LogP contribution in [0.4, 0.5) is 11.6 Å². The number of anilines is 2. The summed E-state index contributed by atoms with van der Waals surface area (Å²) in [5.41, 5.74) is 10.1. The van der Waals surface area contributed by atoms with E-state index in [4.69, 9.17) is 15.8 Å². The Morgan fingerprint density at radius 2 is 1.89 bits per heavy atom. The fraction of sp³-hybridized carbons (Fsp3) is 0.450. The number of piperazine rings is 1. The molecule has 2 fully saturated rings. The van der Waals surface area contributed by atoms with Gasteiger partial charge in [-0.05, 0) is 51.0 Å². The molecule has 7 nitrogen and oxygen atoms in total. The van der Waals surface area contributed by atoms with E-state index >= 15 is 0 Å². The number of fused-ring (bicyclic) bond motifs is 1. The zero-order valence-corrected chi connectivity index (χ0v) is 15.8. The summed E-state index contributed by atoms with van der Waals surface area (Å²) in [5, 5.41) is 8.57. The van der Waals surface area contributed by atoms with Crippen molar-refractivity contribution in [3.05, 3.63) is 36.2 Å². The third-order valence-electron chi connectivity index (χ3n) is 5.39. The molecular formula is C20H25N7. The number of nitrogens with two attached hydrogens (primary N) is 1. The smallest absolute Gasteiger partial charge is 0.154 e. The van der Waals surface area contributed by atoms with E-state index in [9.17, 15) is 0 Å². The van der Waals surface area contributed by atoms with Gasteiger partial charge in [-0.3, -0.25) is 0 Å². The van der Waals surface area contributed by atoms with Gasteiger partial charge in [-0.15, -0.1) is 5.10 Å². The highest BCUT2D eigenvalue weighted by Gasteiger charge is 2.31. The van der Waals surface area contributed by atoms with Crippen LogP contribution >= 0.6 is 0 Å². The van der Waals surface area contributed by atoms with Crippen LogP contribution in [0.1, 0.15) is 38.3 Å². The lowest BCUT2D eigenvalue weighted by Gasteiger charge is -2.36. The molecule has 1 aliphatic carbocycles. The van der Waals surface area contributed by atoms with E-state index in [0.29, 0.717) is 23.8 Å². The van der Waals surface area contributed by atoms with Gasteiger partial charge in [0.2, 0.25) is 0 Å². The fourth-order valence-electron chi connectivity index (χ4n) is 4.13. The molecule has 1 saturated carbocycles. The number of pyridine rings is 1. The van der Waals surface area contributed by atoms with Gasteiger partial charge in [-0.2, -0.15) is 0 Å². The van der Waals surface area contributed by atoms with Gasteiger partial charge in [0.25, 0.3) is 0 Å². The number of nitrogen functional groups attached to an aromatic ring is 1. The number of aromatic nitrogens is 4. The van der Waals surface area contributed by atoms with Crippen LogP contribution in [0.3, 0.4) is 0 Å². The molecule has 0 spiro atoms. The molecule has 1 saturated heterocycles. The predicted molar refractivity (Wildman–Crippen MR) is 107 cm³/mol. The Bertz CT molecular complexity index is 981. The lowest BCUT2D eigenvalue weighted by atomic mass is 10.1. The molecule has 1 aliphatic heterocycles. The predicted octanol–water partition coefficient (Wildman–Crippen LogP) is 2.44. The molecule has 4 heterocycles. The van der Waals surface area contributed by atoms with Crippen molar-refractivity contribution >= 4 is 17.3 Å². The summed E-state index contributed by atoms with van der Waals surface area (Å²) in [4.78, 5) is 11.4. The van der Waals surface area contributed by atoms with E-state index in [0.717, 1.165) is 41.5 Å². The second-order valence-electron chi connectivity index (χ2n) is 7.92. The Morgan fingerprint density at radius 1 is 1.11 bits per heavy atom. The molecule has 0 unspecified atom stereocenters. The number of nitrogens with one attached hydrogen (secondary N) is 1. The van der Waals surface area contributed by atoms with E-state index in [2.05, 4.69) is 41.2 Å². The third kappa shape index (κ3) is 3.02. The SMILES string of the molecule is C[C@@H]1CN(c2ccc3nc(C4CC4)c(-c4ccnc(N)c4)n3n2)C[C@H](C)N1. The Kier molecular flexibility index (Phi) is 3.79. The Balaban J connectivity index is 1.64. The van der Waals surface area contributed by atoms with Gasteiger partial charge >= 0.3 is 0 Å². The first-order chi connectivity index (χ1) is 13.1. The van der Waals surface area contributed by atoms with Crippen LogP contribution in [0.25, 0.3) is 16.9 Å². The molecule has 0 radical (unpaired) electrons. The molecule has 0 amide bonds. The van der Waals surface area contributed by atoms with Crippen molar-refractivity contribution in [1.82, 2.24) is 24.9 Å². The quantitative estimate of drug-likeness (QED) is 0.743. The maximum atomic E-state index is 5.95. The second kappa shape index (κ2) is 6.20. The van der Waals surface area contributed by atoms with Crippen molar-refractivity contribution in [2.24, 2.45) is 0 Å². The Morgan fingerprint density at radius 3 is 2.59 bits per heavy atom. The van der Waals surface area contributed by atoms with Crippen molar-refractivity contribution in [3.63, 3.8) is 0 Å². The Labute approximate surface area is 158 Å². The maximum absolute atomic E-state index is 5.95. The summed E-state index contributed by atoms with van der Waals surface area (Å²) in [6.45, 7) is 6.33. The molecule has 140 valence electrons. The van der Waals surface area contributed by atoms with Crippen LogP contribution in [0, 0.1) is 0 Å². The summed E-state index contributed by atoms with van der Waals surface area (Å²) >= 11 is 0. The molecule has 3 N–H and O–H groups in total. The molecule has 5 rings (SSSR count). The van der Waals surface area contributed by atoms with Crippen molar-refractivity contribution < 1.29 is 0 Å². The fourth-order valence-corrected chi connectivity index (χ4v) is 4.13. The highest BCUT2D eigenvalue weighted by atomic mass is 15.4. The number of rotatable bonds is 3. The van der Waals surface area contributed by atoms with Crippen LogP contribution in [0.15, 0.2) is 30.5 Å². The van der Waals surface area contributed by atoms with Gasteiger partial charge in [-0.1, -0.05) is 0 Å². The molecule has 2 atom stereocenters. The molecule has 7 heteroatoms. The molecular weight excluding hydrogens is 338 g/mol. The molecule has 0 aromatic carbocycles. The zero-order valence-electron chi connectivity index (χ0n) is 15.8. The highest BCUT2D eigenvalue weighted by Crippen LogP contribution is 2.44. The van der Waals surface area contributed by atoms with Gasteiger partial charge in [0.15, 0.2) is 5.65 Å². The van der Waals surface area contributed by atoms with Gasteiger partial charge < -0.3 is 16.0 Å². The minimum atomic E-state index is 0.440. The minimum Gasteiger partial charge on any atom is -0.384 e. The number of hydrogen-bond acceptors (Lipinski definition) is 6. The van der Waals surface area contributed by atoms with E-state index in [-0.39, 0.29) is 0 Å². The van der Waals surface area contributed by atoms with Crippen LogP contribution in [-0.4, -0.2) is 44.8 Å². The van der Waals surface area contributed by atoms with Crippen molar-refractivity contribution in [2.75, 3.05) is 23.7 Å². The number of nitrogens with zero attached hydrogens (tertiary/aromatic N) is 5. The summed E-state index contributed by atoms with van der Waals surface area (Å²) in [6.07, 6.45) is 4.14. The van der Waals surface area contributed by atoms with Crippen LogP contribution in [-0.2, 0) is 0 Å². The van der Waals surface area contributed by atoms with Crippen LogP contribution < -0.4 is 16.0 Å². The van der Waals surface area contributed by atoms with Crippen LogP contribution in [0.2, 0.25) is 0 Å². The average molecular weight is 363 g/mol. The number of imidazole rings is 1. The van der Waals surface area contributed by atoms with Crippen molar-refractivity contribution in [3.8, 4) is 11.3 Å². The lowest BCUT2D eigenvalue weighted by Crippen LogP contribution is -2.54. The van der Waals surface area contributed by atoms with E-state index in [1.165, 1.54) is 12.8 Å². The van der Waals surface area contributed by atoms with E-state index in [1.54, 1.807) is 6.20 Å². The maximum Gasteiger partial charge on any atom is 0.154 e. The summed E-state index contributed by atoms with van der Waals surface area (Å²) in [7, 11) is 0. The zero-order chi connectivity index (χ0) is 18.5. The normalized spacial score (nSPS) is 23.1. The van der Waals surface area contributed by atoms with Crippen LogP contribution in [0.5, 0.6) is 0 Å². The molecule has 3 aromatic heterocycles. The first kappa shape index (κ1) is 16.5. The summed E-state index contributed by atoms with van der Waals surface area (Å²) in [6, 6.07) is 8.97. The summed E-state index contributed by atoms with van der Waals surface area (Å²) in [5.74, 6) is 2.04. The van der Waals surface area contributed by atoms with Gasteiger partial charge in [0.05, 0.1) is 11.4 Å². The van der Waals surface area contributed by atoms with Gasteiger partial charge in [0, 0.05) is 42.9 Å². The standard InChI is InChI=1S/C20H25N7/c1-12-10-26(11-13(2)23-12)18-6-5-17-24-19(14-3-4-14)20(27(17)25-18)15-7-8-22-16(21)9-15/h5-9,12-14,23H,3-4,10-11H2,1-2H3,(H2,21,22)/t12-,13+. The Hall–Kier alpha value is -2.67. The molecule has 27 heavy (non-hydrogen) atoms. The molecule has 2 aliphatic rings. The monoisotopic (exact) mass is 363 g/mol. The van der Waals surface area contributed by atoms with Gasteiger partial charge in [-0.25, -0.2) is 14.5 Å². The largest absolute Gasteiger partial charge is 0.384 e. The van der Waals surface area contributed by atoms with E-state index < -0.39 is 0 Å². The first-order valence-electron chi connectivity index (χ1n) is 9.71. The van der Waals surface area contributed by atoms with Gasteiger partial charge in [0.1, 0.15) is 11.6 Å². The summed E-state index contributed by atoms with van der Waals surface area (Å²) < 4.78 is 2.00. The molecule has 3 aromatic rings. The minimum absolute atomic E-state index is 0.440. The number of hydrogen-bond donors (Lipinski definition) is 2. The lowest BCUT2D eigenvalue weighted by molar-refractivity contribution is 0.404. The average Bonchev–Trinajstić information content (AvgIpc) is 3.40. The van der Waals surface area contributed by atoms with Crippen molar-refractivity contribution in [2.45, 2.75) is 44.7 Å².